The summed E-state index contributed by atoms with van der Waals surface area (Å²) < 4.78 is 23.3. The van der Waals surface area contributed by atoms with E-state index in [0.717, 1.165) is 4.52 Å². The number of carboxylic acids is 1. The number of carboxylic acid groups (broad SMARTS) is 1. The van der Waals surface area contributed by atoms with Gasteiger partial charge in [-0.1, -0.05) is 13.0 Å². The number of nitrogens with zero attached hydrogens (tertiary/aromatic N) is 4. The fraction of sp³-hybridized carbons (Fsp3) is 0.467. The molecule has 0 unspecified atom stereocenters. The fourth-order valence-electron chi connectivity index (χ4n) is 2.62. The average Bonchev–Trinajstić information content (AvgIpc) is 2.92. The van der Waals surface area contributed by atoms with E-state index < -0.39 is 18.1 Å². The molecule has 0 amide bonds. The van der Waals surface area contributed by atoms with E-state index in [-0.39, 0.29) is 35.6 Å². The van der Waals surface area contributed by atoms with Gasteiger partial charge in [-0.05, 0) is 40.8 Å². The Morgan fingerprint density at radius 3 is 3.08 bits per heavy atom. The van der Waals surface area contributed by atoms with Gasteiger partial charge in [-0.25, -0.2) is 0 Å². The third-order valence-corrected chi connectivity index (χ3v) is 4.51. The van der Waals surface area contributed by atoms with Crippen LogP contribution in [0.3, 0.4) is 0 Å². The molecular formula is C15H17BrN4O4. The van der Waals surface area contributed by atoms with Gasteiger partial charge in [0, 0.05) is 12.3 Å². The minimum Gasteiger partial charge on any atom is -0.480 e. The second-order valence-corrected chi connectivity index (χ2v) is 6.02. The first-order valence-electron chi connectivity index (χ1n) is 8.46. The summed E-state index contributed by atoms with van der Waals surface area (Å²) in [5.74, 6) is -0.652. The molecule has 0 fully saturated rings. The van der Waals surface area contributed by atoms with Gasteiger partial charge in [0.05, 0.1) is 9.35 Å². The van der Waals surface area contributed by atoms with Crippen LogP contribution in [-0.4, -0.2) is 43.4 Å². The molecule has 0 radical (unpaired) electrons. The Morgan fingerprint density at radius 1 is 1.58 bits per heavy atom. The second kappa shape index (κ2) is 6.86. The van der Waals surface area contributed by atoms with Gasteiger partial charge in [0.1, 0.15) is 11.0 Å². The molecule has 1 aliphatic heterocycles. The lowest BCUT2D eigenvalue weighted by Crippen LogP contribution is -2.25. The van der Waals surface area contributed by atoms with Gasteiger partial charge in [-0.3, -0.25) is 9.59 Å². The van der Waals surface area contributed by atoms with Gasteiger partial charge >= 0.3 is 5.97 Å². The molecule has 3 heterocycles. The maximum Gasteiger partial charge on any atom is 0.323 e. The molecule has 2 aromatic heterocycles. The van der Waals surface area contributed by atoms with E-state index in [4.69, 9.17) is 7.48 Å². The minimum absolute atomic E-state index is 0.0706. The van der Waals surface area contributed by atoms with Crippen molar-refractivity contribution in [3.63, 3.8) is 0 Å². The van der Waals surface area contributed by atoms with E-state index in [1.165, 1.54) is 4.57 Å². The standard InChI is InChI=1S/C15H17BrN4O4/c1-2-10-12(16)14(23)20-15(19(10)8-11(21)22)17-13(18-20)9-4-3-6-24-7-5-9/h5H,2-4,6-8H2,1H3,(H,21,22)/i6D2. The number of rotatable bonds is 4. The van der Waals surface area contributed by atoms with Crippen molar-refractivity contribution in [2.75, 3.05) is 13.2 Å². The Labute approximate surface area is 148 Å². The zero-order valence-electron chi connectivity index (χ0n) is 15.0. The summed E-state index contributed by atoms with van der Waals surface area (Å²) in [5, 5.41) is 13.4. The van der Waals surface area contributed by atoms with E-state index in [1.54, 1.807) is 6.08 Å². The largest absolute Gasteiger partial charge is 0.480 e. The lowest BCUT2D eigenvalue weighted by Gasteiger charge is -2.12. The summed E-state index contributed by atoms with van der Waals surface area (Å²) >= 11 is 3.24. The molecule has 0 saturated carbocycles. The zero-order chi connectivity index (χ0) is 19.1. The molecule has 9 heteroatoms. The van der Waals surface area contributed by atoms with Crippen molar-refractivity contribution in [3.8, 4) is 0 Å². The Hall–Kier alpha value is -2.00. The number of hydrogen-bond acceptors (Lipinski definition) is 5. The summed E-state index contributed by atoms with van der Waals surface area (Å²) in [6.45, 7) is -0.197. The molecule has 0 atom stereocenters. The van der Waals surface area contributed by atoms with Crippen LogP contribution in [0.15, 0.2) is 15.3 Å². The number of halogens is 1. The molecule has 0 spiro atoms. The number of hydrogen-bond donors (Lipinski definition) is 1. The predicted octanol–water partition coefficient (Wildman–Crippen LogP) is 1.49. The third-order valence-electron chi connectivity index (χ3n) is 3.72. The lowest BCUT2D eigenvalue weighted by molar-refractivity contribution is -0.137. The van der Waals surface area contributed by atoms with Crippen LogP contribution in [0, 0.1) is 0 Å². The van der Waals surface area contributed by atoms with E-state index >= 15 is 0 Å². The summed E-state index contributed by atoms with van der Waals surface area (Å²) in [6.07, 6.45) is 2.61. The second-order valence-electron chi connectivity index (χ2n) is 5.23. The van der Waals surface area contributed by atoms with Crippen LogP contribution in [0.4, 0.5) is 0 Å². The first-order chi connectivity index (χ1) is 12.2. The quantitative estimate of drug-likeness (QED) is 0.837. The highest BCUT2D eigenvalue weighted by molar-refractivity contribution is 9.10. The number of ether oxygens (including phenoxy) is 1. The zero-order valence-corrected chi connectivity index (χ0v) is 14.5. The average molecular weight is 399 g/mol. The first-order valence-corrected chi connectivity index (χ1v) is 8.26. The molecular weight excluding hydrogens is 380 g/mol. The van der Waals surface area contributed by atoms with Gasteiger partial charge in [0.25, 0.3) is 5.56 Å². The predicted molar refractivity (Wildman–Crippen MR) is 90.0 cm³/mol. The van der Waals surface area contributed by atoms with Crippen LogP contribution in [-0.2, 0) is 22.5 Å². The van der Waals surface area contributed by atoms with Gasteiger partial charge in [0.15, 0.2) is 5.82 Å². The maximum atomic E-state index is 12.6. The first kappa shape index (κ1) is 14.4. The van der Waals surface area contributed by atoms with Gasteiger partial charge in [-0.15, -0.1) is 5.10 Å². The maximum absolute atomic E-state index is 12.6. The highest BCUT2D eigenvalue weighted by atomic mass is 79.9. The molecule has 0 aromatic carbocycles. The number of allylic oxidation sites excluding steroid dienone is 1. The Morgan fingerprint density at radius 2 is 2.38 bits per heavy atom. The Bertz CT molecular complexity index is 967. The summed E-state index contributed by atoms with van der Waals surface area (Å²) in [6, 6.07) is 0. The third kappa shape index (κ3) is 3.01. The Balaban J connectivity index is 2.16. The van der Waals surface area contributed by atoms with Crippen LogP contribution in [0.1, 0.15) is 34.0 Å². The molecule has 1 aliphatic rings. The molecule has 1 N–H and O–H groups in total. The highest BCUT2D eigenvalue weighted by Gasteiger charge is 2.20. The summed E-state index contributed by atoms with van der Waals surface area (Å²) in [5.41, 5.74) is 0.766. The van der Waals surface area contributed by atoms with E-state index in [1.807, 2.05) is 6.92 Å². The van der Waals surface area contributed by atoms with Gasteiger partial charge < -0.3 is 14.4 Å². The molecule has 2 aromatic rings. The molecule has 8 nitrogen and oxygen atoms in total. The normalized spacial score (nSPS) is 18.7. The highest BCUT2D eigenvalue weighted by Crippen LogP contribution is 2.21. The van der Waals surface area contributed by atoms with Crippen LogP contribution in [0.5, 0.6) is 0 Å². The van der Waals surface area contributed by atoms with Crippen molar-refractivity contribution in [1.82, 2.24) is 19.2 Å². The number of fused-ring (bicyclic) bond motifs is 1. The van der Waals surface area contributed by atoms with E-state index in [2.05, 4.69) is 26.0 Å². The number of aliphatic carboxylic acids is 1. The van der Waals surface area contributed by atoms with Crippen LogP contribution >= 0.6 is 15.9 Å². The molecule has 0 saturated heterocycles. The molecule has 24 heavy (non-hydrogen) atoms. The van der Waals surface area contributed by atoms with Gasteiger partial charge in [0.2, 0.25) is 5.78 Å². The molecule has 0 bridgehead atoms. The van der Waals surface area contributed by atoms with Crippen molar-refractivity contribution < 1.29 is 17.4 Å². The van der Waals surface area contributed by atoms with Gasteiger partial charge in [-0.2, -0.15) is 9.50 Å². The summed E-state index contributed by atoms with van der Waals surface area (Å²) in [4.78, 5) is 28.2. The van der Waals surface area contributed by atoms with Crippen molar-refractivity contribution in [2.24, 2.45) is 0 Å². The smallest absolute Gasteiger partial charge is 0.323 e. The number of carbonyl (C=O) groups is 1. The van der Waals surface area contributed by atoms with Crippen LogP contribution < -0.4 is 5.56 Å². The summed E-state index contributed by atoms with van der Waals surface area (Å²) in [7, 11) is 0. The fourth-order valence-corrected chi connectivity index (χ4v) is 3.28. The SMILES string of the molecule is [2H]C1([2H])CCC(c2nc3n(CC(=O)O)c(CC)c(Br)c(=O)n3n2)=CCO1. The topological polar surface area (TPSA) is 98.7 Å². The Kier molecular flexibility index (Phi) is 4.10. The van der Waals surface area contributed by atoms with E-state index in [0.29, 0.717) is 24.1 Å². The van der Waals surface area contributed by atoms with Crippen LogP contribution in [0.25, 0.3) is 11.4 Å². The molecule has 128 valence electrons. The monoisotopic (exact) mass is 398 g/mol. The van der Waals surface area contributed by atoms with Crippen molar-refractivity contribution >= 4 is 33.3 Å². The molecule has 0 aliphatic carbocycles. The van der Waals surface area contributed by atoms with Crippen molar-refractivity contribution in [3.05, 3.63) is 32.4 Å². The van der Waals surface area contributed by atoms with Crippen LogP contribution in [0.2, 0.25) is 0 Å². The lowest BCUT2D eigenvalue weighted by atomic mass is 10.1. The molecule has 3 rings (SSSR count). The van der Waals surface area contributed by atoms with Crippen molar-refractivity contribution in [1.29, 1.82) is 0 Å². The van der Waals surface area contributed by atoms with E-state index in [9.17, 15) is 14.7 Å². The van der Waals surface area contributed by atoms with Crippen molar-refractivity contribution in [2.45, 2.75) is 32.7 Å². The minimum atomic E-state index is -1.73. The number of aromatic nitrogens is 4.